The lowest BCUT2D eigenvalue weighted by atomic mass is 9.80. The Bertz CT molecular complexity index is 797. The normalized spacial score (nSPS) is 15.0. The molecule has 1 aliphatic heterocycles. The molecule has 3 aromatic carbocycles. The maximum Gasteiger partial charge on any atom is 0.142 e. The molecule has 1 nitrogen and oxygen atoms in total. The number of rotatable bonds is 1. The van der Waals surface area contributed by atoms with Crippen molar-refractivity contribution in [3.63, 3.8) is 0 Å². The van der Waals surface area contributed by atoms with E-state index in [9.17, 15) is 5.11 Å². The van der Waals surface area contributed by atoms with Gasteiger partial charge in [-0.3, -0.25) is 0 Å². The van der Waals surface area contributed by atoms with E-state index in [-0.39, 0.29) is 0 Å². The highest BCUT2D eigenvalue weighted by Gasteiger charge is 2.40. The Labute approximate surface area is 142 Å². The van der Waals surface area contributed by atoms with Gasteiger partial charge in [0.05, 0.1) is 0 Å². The minimum absolute atomic E-state index is 0.885. The first kappa shape index (κ1) is 14.1. The predicted molar refractivity (Wildman–Crippen MR) is 93.2 cm³/mol. The van der Waals surface area contributed by atoms with E-state index in [0.717, 1.165) is 31.0 Å². The van der Waals surface area contributed by atoms with Gasteiger partial charge in [0.1, 0.15) is 5.60 Å². The van der Waals surface area contributed by atoms with Crippen molar-refractivity contribution in [1.29, 1.82) is 0 Å². The molecule has 108 valence electrons. The lowest BCUT2D eigenvalue weighted by molar-refractivity contribution is 0.118. The van der Waals surface area contributed by atoms with Crippen molar-refractivity contribution in [3.05, 3.63) is 94.0 Å². The molecule has 0 fully saturated rings. The van der Waals surface area contributed by atoms with E-state index in [0.29, 0.717) is 0 Å². The number of aliphatic hydroxyl groups is 1. The molecule has 0 saturated carbocycles. The SMILES string of the molecule is OC1(c2ccc(Br)cc2)c2ccccc2Sc2ccccc21. The summed E-state index contributed by atoms with van der Waals surface area (Å²) in [7, 11) is 0. The number of fused-ring (bicyclic) bond motifs is 2. The minimum atomic E-state index is -1.11. The summed E-state index contributed by atoms with van der Waals surface area (Å²) >= 11 is 5.18. The molecule has 4 rings (SSSR count). The molecule has 0 saturated heterocycles. The molecule has 0 amide bonds. The first-order valence-electron chi connectivity index (χ1n) is 7.05. The summed E-state index contributed by atoms with van der Waals surface area (Å²) in [6.07, 6.45) is 0. The van der Waals surface area contributed by atoms with Gasteiger partial charge in [-0.05, 0) is 29.8 Å². The smallest absolute Gasteiger partial charge is 0.142 e. The fourth-order valence-electron chi connectivity index (χ4n) is 2.97. The van der Waals surface area contributed by atoms with Crippen LogP contribution in [-0.2, 0) is 5.60 Å². The molecule has 22 heavy (non-hydrogen) atoms. The third-order valence-electron chi connectivity index (χ3n) is 4.04. The van der Waals surface area contributed by atoms with Crippen LogP contribution in [0.4, 0.5) is 0 Å². The average molecular weight is 369 g/mol. The minimum Gasteiger partial charge on any atom is -0.376 e. The van der Waals surface area contributed by atoms with Gasteiger partial charge in [0.25, 0.3) is 0 Å². The average Bonchev–Trinajstić information content (AvgIpc) is 2.56. The Morgan fingerprint density at radius 2 is 1.23 bits per heavy atom. The Kier molecular flexibility index (Phi) is 3.37. The molecule has 0 aliphatic carbocycles. The van der Waals surface area contributed by atoms with Crippen LogP contribution < -0.4 is 0 Å². The van der Waals surface area contributed by atoms with Gasteiger partial charge in [-0.1, -0.05) is 76.2 Å². The van der Waals surface area contributed by atoms with Crippen molar-refractivity contribution in [2.24, 2.45) is 0 Å². The van der Waals surface area contributed by atoms with E-state index in [1.807, 2.05) is 60.7 Å². The predicted octanol–water partition coefficient (Wildman–Crippen LogP) is 5.20. The van der Waals surface area contributed by atoms with Crippen LogP contribution in [0.3, 0.4) is 0 Å². The fourth-order valence-corrected chi connectivity index (χ4v) is 4.42. The van der Waals surface area contributed by atoms with Crippen molar-refractivity contribution in [3.8, 4) is 0 Å². The van der Waals surface area contributed by atoms with Crippen molar-refractivity contribution < 1.29 is 5.11 Å². The van der Waals surface area contributed by atoms with Gasteiger partial charge < -0.3 is 5.11 Å². The van der Waals surface area contributed by atoms with Gasteiger partial charge in [-0.15, -0.1) is 0 Å². The summed E-state index contributed by atoms with van der Waals surface area (Å²) in [4.78, 5) is 2.21. The molecular formula is C19H13BrOS. The second kappa shape index (κ2) is 5.27. The Morgan fingerprint density at radius 3 is 1.77 bits per heavy atom. The van der Waals surface area contributed by atoms with Crippen LogP contribution in [0.2, 0.25) is 0 Å². The first-order valence-corrected chi connectivity index (χ1v) is 8.66. The van der Waals surface area contributed by atoms with Crippen LogP contribution in [0.15, 0.2) is 87.1 Å². The van der Waals surface area contributed by atoms with Crippen LogP contribution in [-0.4, -0.2) is 5.11 Å². The lowest BCUT2D eigenvalue weighted by Gasteiger charge is -2.36. The number of benzene rings is 3. The highest BCUT2D eigenvalue weighted by atomic mass is 79.9. The maximum atomic E-state index is 11.7. The summed E-state index contributed by atoms with van der Waals surface area (Å²) in [6.45, 7) is 0. The van der Waals surface area contributed by atoms with Crippen LogP contribution in [0, 0.1) is 0 Å². The highest BCUT2D eigenvalue weighted by Crippen LogP contribution is 2.50. The zero-order chi connectivity index (χ0) is 15.2. The molecule has 0 bridgehead atoms. The molecule has 1 heterocycles. The zero-order valence-corrected chi connectivity index (χ0v) is 14.1. The second-order valence-electron chi connectivity index (χ2n) is 5.31. The van der Waals surface area contributed by atoms with Crippen molar-refractivity contribution in [2.45, 2.75) is 15.4 Å². The summed E-state index contributed by atoms with van der Waals surface area (Å²) < 4.78 is 1.01. The van der Waals surface area contributed by atoms with E-state index in [4.69, 9.17) is 0 Å². The van der Waals surface area contributed by atoms with E-state index >= 15 is 0 Å². The van der Waals surface area contributed by atoms with Gasteiger partial charge in [-0.25, -0.2) is 0 Å². The van der Waals surface area contributed by atoms with Crippen molar-refractivity contribution >= 4 is 27.7 Å². The quantitative estimate of drug-likeness (QED) is 0.636. The van der Waals surface area contributed by atoms with E-state index in [1.54, 1.807) is 11.8 Å². The third kappa shape index (κ3) is 2.04. The number of hydrogen-bond donors (Lipinski definition) is 1. The van der Waals surface area contributed by atoms with E-state index < -0.39 is 5.60 Å². The van der Waals surface area contributed by atoms with Gasteiger partial charge in [0, 0.05) is 25.4 Å². The number of halogens is 1. The molecule has 0 atom stereocenters. The lowest BCUT2D eigenvalue weighted by Crippen LogP contribution is -2.32. The highest BCUT2D eigenvalue weighted by molar-refractivity contribution is 9.10. The summed E-state index contributed by atoms with van der Waals surface area (Å²) in [5, 5.41) is 11.7. The topological polar surface area (TPSA) is 20.2 Å². The third-order valence-corrected chi connectivity index (χ3v) is 5.72. The standard InChI is InChI=1S/C19H13BrOS/c20-14-11-9-13(10-12-14)19(21)15-5-1-3-7-17(15)22-18-8-4-2-6-16(18)19/h1-12,21H. The zero-order valence-electron chi connectivity index (χ0n) is 11.7. The van der Waals surface area contributed by atoms with Crippen LogP contribution in [0.25, 0.3) is 0 Å². The summed E-state index contributed by atoms with van der Waals surface area (Å²) in [5.41, 5.74) is 1.66. The molecule has 0 unspecified atom stereocenters. The second-order valence-corrected chi connectivity index (χ2v) is 7.31. The maximum absolute atomic E-state index is 11.7. The van der Waals surface area contributed by atoms with Crippen LogP contribution >= 0.6 is 27.7 Å². The Hall–Kier alpha value is -1.55. The van der Waals surface area contributed by atoms with Gasteiger partial charge >= 0.3 is 0 Å². The summed E-state index contributed by atoms with van der Waals surface area (Å²) in [6, 6.07) is 24.1. The molecule has 1 aliphatic rings. The molecule has 0 radical (unpaired) electrons. The van der Waals surface area contributed by atoms with Crippen molar-refractivity contribution in [2.75, 3.05) is 0 Å². The molecule has 3 heteroatoms. The fraction of sp³-hybridized carbons (Fsp3) is 0.0526. The first-order chi connectivity index (χ1) is 10.7. The van der Waals surface area contributed by atoms with Crippen LogP contribution in [0.5, 0.6) is 0 Å². The van der Waals surface area contributed by atoms with Crippen LogP contribution in [0.1, 0.15) is 16.7 Å². The van der Waals surface area contributed by atoms with Gasteiger partial charge in [0.15, 0.2) is 0 Å². The molecule has 3 aromatic rings. The molecule has 0 aromatic heterocycles. The summed E-state index contributed by atoms with van der Waals surface area (Å²) in [5.74, 6) is 0. The Balaban J connectivity index is 2.03. The molecule has 1 N–H and O–H groups in total. The number of hydrogen-bond acceptors (Lipinski definition) is 2. The van der Waals surface area contributed by atoms with E-state index in [2.05, 4.69) is 28.1 Å². The largest absolute Gasteiger partial charge is 0.376 e. The van der Waals surface area contributed by atoms with Crippen molar-refractivity contribution in [1.82, 2.24) is 0 Å². The van der Waals surface area contributed by atoms with E-state index in [1.165, 1.54) is 0 Å². The monoisotopic (exact) mass is 368 g/mol. The van der Waals surface area contributed by atoms with Gasteiger partial charge in [0.2, 0.25) is 0 Å². The molecule has 0 spiro atoms. The van der Waals surface area contributed by atoms with Gasteiger partial charge in [-0.2, -0.15) is 0 Å². The molecular weight excluding hydrogens is 356 g/mol. The Morgan fingerprint density at radius 1 is 0.727 bits per heavy atom.